The van der Waals surface area contributed by atoms with Gasteiger partial charge in [-0.3, -0.25) is 4.79 Å². The number of benzene rings is 1. The molecule has 0 bridgehead atoms. The van der Waals surface area contributed by atoms with E-state index >= 15 is 0 Å². The molecule has 0 saturated carbocycles. The average molecular weight is 288 g/mol. The fourth-order valence-corrected chi connectivity index (χ4v) is 2.56. The molecule has 8 heteroatoms. The number of carbonyl (C=O) groups is 1. The first-order valence-electron chi connectivity index (χ1n) is 5.50. The van der Waals surface area contributed by atoms with Gasteiger partial charge < -0.3 is 15.5 Å². The highest BCUT2D eigenvalue weighted by Crippen LogP contribution is 2.14. The normalized spacial score (nSPS) is 11.6. The molecule has 1 aromatic rings. The average Bonchev–Trinajstić information content (AvgIpc) is 2.36. The van der Waals surface area contributed by atoms with Gasteiger partial charge in [-0.2, -0.15) is 0 Å². The zero-order valence-corrected chi connectivity index (χ0v) is 11.1. The van der Waals surface area contributed by atoms with Crippen LogP contribution in [0.3, 0.4) is 0 Å². The Kier molecular flexibility index (Phi) is 5.43. The predicted molar refractivity (Wildman–Crippen MR) is 69.0 cm³/mol. The van der Waals surface area contributed by atoms with Crippen LogP contribution in [0.25, 0.3) is 0 Å². The molecule has 0 aliphatic carbocycles. The zero-order valence-electron chi connectivity index (χ0n) is 10.3. The number of hydrogen-bond acceptors (Lipinski definition) is 5. The molecule has 106 valence electrons. The van der Waals surface area contributed by atoms with E-state index in [1.807, 2.05) is 0 Å². The summed E-state index contributed by atoms with van der Waals surface area (Å²) in [4.78, 5) is 10.8. The van der Waals surface area contributed by atoms with Gasteiger partial charge in [-0.1, -0.05) is 0 Å². The van der Waals surface area contributed by atoms with Gasteiger partial charge in [0.05, 0.1) is 24.2 Å². The van der Waals surface area contributed by atoms with Gasteiger partial charge in [0, 0.05) is 12.6 Å². The number of carbonyl (C=O) groups excluding carboxylic acids is 1. The third kappa shape index (κ3) is 4.60. The minimum atomic E-state index is -3.81. The van der Waals surface area contributed by atoms with Gasteiger partial charge in [-0.15, -0.1) is 0 Å². The third-order valence-corrected chi connectivity index (χ3v) is 3.78. The van der Waals surface area contributed by atoms with E-state index in [1.54, 1.807) is 0 Å². The lowest BCUT2D eigenvalue weighted by Crippen LogP contribution is -2.39. The summed E-state index contributed by atoms with van der Waals surface area (Å²) in [5, 5.41) is 20.2. The van der Waals surface area contributed by atoms with E-state index in [0.29, 0.717) is 5.69 Å². The monoisotopic (exact) mass is 288 g/mol. The SMILES string of the molecule is CC(=O)Nc1ccc(S(=O)(=O)NC(CO)CO)cc1. The Bertz CT molecular complexity index is 523. The Balaban J connectivity index is 2.87. The highest BCUT2D eigenvalue weighted by atomic mass is 32.2. The second kappa shape index (κ2) is 6.62. The summed E-state index contributed by atoms with van der Waals surface area (Å²) in [6.45, 7) is 0.346. The summed E-state index contributed by atoms with van der Waals surface area (Å²) in [5.41, 5.74) is 0.479. The molecular formula is C11H16N2O5S. The van der Waals surface area contributed by atoms with E-state index < -0.39 is 29.3 Å². The molecule has 0 aliphatic heterocycles. The summed E-state index contributed by atoms with van der Waals surface area (Å²) in [7, 11) is -3.81. The molecule has 0 unspecified atom stereocenters. The number of nitrogens with one attached hydrogen (secondary N) is 2. The van der Waals surface area contributed by atoms with Crippen molar-refractivity contribution in [1.82, 2.24) is 4.72 Å². The van der Waals surface area contributed by atoms with Crippen LogP contribution < -0.4 is 10.0 Å². The first kappa shape index (κ1) is 15.6. The summed E-state index contributed by atoms with van der Waals surface area (Å²) < 4.78 is 25.9. The van der Waals surface area contributed by atoms with Crippen LogP contribution in [0.4, 0.5) is 5.69 Å². The fourth-order valence-electron chi connectivity index (χ4n) is 1.34. The Hall–Kier alpha value is -1.48. The van der Waals surface area contributed by atoms with E-state index in [-0.39, 0.29) is 10.8 Å². The van der Waals surface area contributed by atoms with Crippen molar-refractivity contribution in [2.45, 2.75) is 17.9 Å². The summed E-state index contributed by atoms with van der Waals surface area (Å²) >= 11 is 0. The molecule has 0 spiro atoms. The number of sulfonamides is 1. The van der Waals surface area contributed by atoms with Gasteiger partial charge in [0.15, 0.2) is 0 Å². The Morgan fingerprint density at radius 2 is 1.74 bits per heavy atom. The Morgan fingerprint density at radius 3 is 2.16 bits per heavy atom. The molecule has 4 N–H and O–H groups in total. The van der Waals surface area contributed by atoms with Gasteiger partial charge in [0.2, 0.25) is 15.9 Å². The third-order valence-electron chi connectivity index (χ3n) is 2.25. The molecule has 0 aromatic heterocycles. The maximum absolute atomic E-state index is 11.9. The highest BCUT2D eigenvalue weighted by molar-refractivity contribution is 7.89. The van der Waals surface area contributed by atoms with Crippen LogP contribution in [0.2, 0.25) is 0 Å². The lowest BCUT2D eigenvalue weighted by Gasteiger charge is -2.14. The van der Waals surface area contributed by atoms with Crippen molar-refractivity contribution >= 4 is 21.6 Å². The number of aliphatic hydroxyl groups is 2. The summed E-state index contributed by atoms with van der Waals surface area (Å²) in [5.74, 6) is -0.255. The summed E-state index contributed by atoms with van der Waals surface area (Å²) in [6.07, 6.45) is 0. The molecule has 0 atom stereocenters. The lowest BCUT2D eigenvalue weighted by atomic mass is 10.3. The van der Waals surface area contributed by atoms with E-state index in [0.717, 1.165) is 0 Å². The molecule has 1 amide bonds. The van der Waals surface area contributed by atoms with Gasteiger partial charge >= 0.3 is 0 Å². The second-order valence-electron chi connectivity index (χ2n) is 3.89. The number of rotatable bonds is 6. The zero-order chi connectivity index (χ0) is 14.5. The molecular weight excluding hydrogens is 272 g/mol. The summed E-state index contributed by atoms with van der Waals surface area (Å²) in [6, 6.07) is 4.59. The van der Waals surface area contributed by atoms with Crippen molar-refractivity contribution in [1.29, 1.82) is 0 Å². The minimum absolute atomic E-state index is 0.0199. The predicted octanol–water partition coefficient (Wildman–Crippen LogP) is -0.724. The second-order valence-corrected chi connectivity index (χ2v) is 5.60. The number of aliphatic hydroxyl groups excluding tert-OH is 2. The smallest absolute Gasteiger partial charge is 0.240 e. The van der Waals surface area contributed by atoms with Crippen LogP contribution in [0.5, 0.6) is 0 Å². The number of hydrogen-bond donors (Lipinski definition) is 4. The van der Waals surface area contributed by atoms with Crippen molar-refractivity contribution in [3.63, 3.8) is 0 Å². The number of anilines is 1. The van der Waals surface area contributed by atoms with E-state index in [9.17, 15) is 13.2 Å². The van der Waals surface area contributed by atoms with Crippen LogP contribution in [0.1, 0.15) is 6.92 Å². The molecule has 0 heterocycles. The van der Waals surface area contributed by atoms with Crippen LogP contribution in [0.15, 0.2) is 29.2 Å². The first-order chi connectivity index (χ1) is 8.89. The van der Waals surface area contributed by atoms with Crippen molar-refractivity contribution in [3.05, 3.63) is 24.3 Å². The van der Waals surface area contributed by atoms with Gasteiger partial charge in [0.1, 0.15) is 0 Å². The fraction of sp³-hybridized carbons (Fsp3) is 0.364. The van der Waals surface area contributed by atoms with Crippen molar-refractivity contribution < 1.29 is 23.4 Å². The maximum Gasteiger partial charge on any atom is 0.240 e. The number of amides is 1. The van der Waals surface area contributed by atoms with E-state index in [1.165, 1.54) is 31.2 Å². The highest BCUT2D eigenvalue weighted by Gasteiger charge is 2.18. The molecule has 0 radical (unpaired) electrons. The van der Waals surface area contributed by atoms with Crippen molar-refractivity contribution in [2.24, 2.45) is 0 Å². The Labute approximate surface area is 111 Å². The molecule has 0 fully saturated rings. The first-order valence-corrected chi connectivity index (χ1v) is 6.99. The molecule has 0 aliphatic rings. The molecule has 19 heavy (non-hydrogen) atoms. The van der Waals surface area contributed by atoms with Crippen LogP contribution in [-0.2, 0) is 14.8 Å². The quantitative estimate of drug-likeness (QED) is 0.551. The van der Waals surface area contributed by atoms with Crippen LogP contribution in [-0.4, -0.2) is 43.8 Å². The van der Waals surface area contributed by atoms with Crippen molar-refractivity contribution in [3.8, 4) is 0 Å². The molecule has 0 saturated heterocycles. The van der Waals surface area contributed by atoms with E-state index in [4.69, 9.17) is 10.2 Å². The minimum Gasteiger partial charge on any atom is -0.395 e. The van der Waals surface area contributed by atoms with E-state index in [2.05, 4.69) is 10.0 Å². The molecule has 7 nitrogen and oxygen atoms in total. The maximum atomic E-state index is 11.9. The molecule has 1 aromatic carbocycles. The van der Waals surface area contributed by atoms with Gasteiger partial charge in [-0.05, 0) is 24.3 Å². The topological polar surface area (TPSA) is 116 Å². The van der Waals surface area contributed by atoms with Crippen LogP contribution >= 0.6 is 0 Å². The molecule has 1 rings (SSSR count). The lowest BCUT2D eigenvalue weighted by molar-refractivity contribution is -0.114. The van der Waals surface area contributed by atoms with Gasteiger partial charge in [-0.25, -0.2) is 13.1 Å². The van der Waals surface area contributed by atoms with Crippen molar-refractivity contribution in [2.75, 3.05) is 18.5 Å². The standard InChI is InChI=1S/C11H16N2O5S/c1-8(16)12-9-2-4-11(5-3-9)19(17,18)13-10(6-14)7-15/h2-5,10,13-15H,6-7H2,1H3,(H,12,16). The Morgan fingerprint density at radius 1 is 1.21 bits per heavy atom. The van der Waals surface area contributed by atoms with Gasteiger partial charge in [0.25, 0.3) is 0 Å². The largest absolute Gasteiger partial charge is 0.395 e. The van der Waals surface area contributed by atoms with Crippen LogP contribution in [0, 0.1) is 0 Å².